The molecule has 0 unspecified atom stereocenters. The molecule has 5 heteroatoms. The van der Waals surface area contributed by atoms with Gasteiger partial charge in [-0.2, -0.15) is 0 Å². The normalized spacial score (nSPS) is 10.5. The van der Waals surface area contributed by atoms with E-state index in [1.165, 1.54) is 0 Å². The highest BCUT2D eigenvalue weighted by Gasteiger charge is 2.17. The standard InChI is InChI=1S/C20H16Cl2N2O/c21-18-9-16(10-19(22)11-18)14-24(13-15-5-4-8-23-12-15)20(25)17-6-2-1-3-7-17/h1-12H,13-14H2. The number of carbonyl (C=O) groups is 1. The van der Waals surface area contributed by atoms with Crippen LogP contribution in [0.3, 0.4) is 0 Å². The van der Waals surface area contributed by atoms with Crippen molar-refractivity contribution in [1.82, 2.24) is 9.88 Å². The number of carbonyl (C=O) groups excluding carboxylic acids is 1. The van der Waals surface area contributed by atoms with Crippen LogP contribution in [0.1, 0.15) is 21.5 Å². The lowest BCUT2D eigenvalue weighted by atomic mass is 10.1. The largest absolute Gasteiger partial charge is 0.330 e. The van der Waals surface area contributed by atoms with Crippen LogP contribution in [0.5, 0.6) is 0 Å². The first kappa shape index (κ1) is 17.5. The molecule has 1 amide bonds. The molecule has 3 aromatic rings. The van der Waals surface area contributed by atoms with Crippen LogP contribution in [0.4, 0.5) is 0 Å². The van der Waals surface area contributed by atoms with Crippen molar-refractivity contribution in [3.8, 4) is 0 Å². The van der Waals surface area contributed by atoms with Crippen molar-refractivity contribution in [2.45, 2.75) is 13.1 Å². The minimum atomic E-state index is -0.0550. The topological polar surface area (TPSA) is 33.2 Å². The number of pyridine rings is 1. The second-order valence-corrected chi connectivity index (χ2v) is 6.54. The van der Waals surface area contributed by atoms with Crippen molar-refractivity contribution < 1.29 is 4.79 Å². The third kappa shape index (κ3) is 4.81. The molecule has 3 rings (SSSR count). The highest BCUT2D eigenvalue weighted by molar-refractivity contribution is 6.34. The van der Waals surface area contributed by atoms with E-state index in [4.69, 9.17) is 23.2 Å². The van der Waals surface area contributed by atoms with Crippen molar-refractivity contribution in [2.75, 3.05) is 0 Å². The van der Waals surface area contributed by atoms with Crippen LogP contribution in [0.25, 0.3) is 0 Å². The zero-order valence-corrected chi connectivity index (χ0v) is 14.9. The lowest BCUT2D eigenvalue weighted by Gasteiger charge is -2.23. The van der Waals surface area contributed by atoms with Crippen LogP contribution in [-0.4, -0.2) is 15.8 Å². The van der Waals surface area contributed by atoms with Gasteiger partial charge in [-0.1, -0.05) is 47.5 Å². The van der Waals surface area contributed by atoms with Gasteiger partial charge in [0.25, 0.3) is 5.91 Å². The molecule has 0 saturated heterocycles. The molecule has 0 radical (unpaired) electrons. The summed E-state index contributed by atoms with van der Waals surface area (Å²) in [6.45, 7) is 0.856. The van der Waals surface area contributed by atoms with Crippen LogP contribution in [0.2, 0.25) is 10.0 Å². The van der Waals surface area contributed by atoms with Gasteiger partial charge in [-0.15, -0.1) is 0 Å². The maximum absolute atomic E-state index is 13.0. The molecule has 0 N–H and O–H groups in total. The first-order chi connectivity index (χ1) is 12.1. The van der Waals surface area contributed by atoms with Crippen LogP contribution < -0.4 is 0 Å². The number of aromatic nitrogens is 1. The average molecular weight is 371 g/mol. The van der Waals surface area contributed by atoms with E-state index in [0.717, 1.165) is 11.1 Å². The molecule has 0 aliphatic carbocycles. The number of halogens is 2. The molecular formula is C20H16Cl2N2O. The minimum absolute atomic E-state index is 0.0550. The number of rotatable bonds is 5. The lowest BCUT2D eigenvalue weighted by molar-refractivity contribution is 0.0730. The molecular weight excluding hydrogens is 355 g/mol. The van der Waals surface area contributed by atoms with Gasteiger partial charge in [-0.3, -0.25) is 9.78 Å². The number of benzene rings is 2. The Kier molecular flexibility index (Phi) is 5.69. The molecule has 1 heterocycles. The molecule has 25 heavy (non-hydrogen) atoms. The first-order valence-electron chi connectivity index (χ1n) is 7.80. The maximum Gasteiger partial charge on any atom is 0.254 e. The van der Waals surface area contributed by atoms with Crippen molar-refractivity contribution >= 4 is 29.1 Å². The Morgan fingerprint density at radius 3 is 2.20 bits per heavy atom. The van der Waals surface area contributed by atoms with E-state index in [2.05, 4.69) is 4.98 Å². The Hall–Kier alpha value is -2.36. The monoisotopic (exact) mass is 370 g/mol. The molecule has 126 valence electrons. The van der Waals surface area contributed by atoms with E-state index in [1.807, 2.05) is 54.6 Å². The fourth-order valence-electron chi connectivity index (χ4n) is 2.60. The van der Waals surface area contributed by atoms with E-state index in [9.17, 15) is 4.79 Å². The fourth-order valence-corrected chi connectivity index (χ4v) is 3.17. The summed E-state index contributed by atoms with van der Waals surface area (Å²) in [7, 11) is 0. The van der Waals surface area contributed by atoms with Crippen molar-refractivity contribution in [1.29, 1.82) is 0 Å². The Bertz CT molecular complexity index is 834. The molecule has 0 saturated carbocycles. The van der Waals surface area contributed by atoms with Gasteiger partial charge in [-0.05, 0) is 47.5 Å². The predicted octanol–water partition coefficient (Wildman–Crippen LogP) is 5.23. The zero-order valence-electron chi connectivity index (χ0n) is 13.4. The van der Waals surface area contributed by atoms with E-state index < -0.39 is 0 Å². The maximum atomic E-state index is 13.0. The summed E-state index contributed by atoms with van der Waals surface area (Å²) in [4.78, 5) is 18.8. The quantitative estimate of drug-likeness (QED) is 0.615. The lowest BCUT2D eigenvalue weighted by Crippen LogP contribution is -2.30. The number of nitrogens with zero attached hydrogens (tertiary/aromatic N) is 2. The summed E-state index contributed by atoms with van der Waals surface area (Å²) in [5.74, 6) is -0.0550. The van der Waals surface area contributed by atoms with Crippen molar-refractivity contribution in [3.63, 3.8) is 0 Å². The van der Waals surface area contributed by atoms with Gasteiger partial charge in [0.05, 0.1) is 0 Å². The van der Waals surface area contributed by atoms with Crippen LogP contribution in [0.15, 0.2) is 73.1 Å². The Morgan fingerprint density at radius 1 is 0.880 bits per heavy atom. The third-order valence-electron chi connectivity index (χ3n) is 3.70. The average Bonchev–Trinajstić information content (AvgIpc) is 2.61. The van der Waals surface area contributed by atoms with Gasteiger partial charge in [0.1, 0.15) is 0 Å². The van der Waals surface area contributed by atoms with E-state index in [0.29, 0.717) is 28.7 Å². The molecule has 3 nitrogen and oxygen atoms in total. The Labute approximate surface area is 156 Å². The van der Waals surface area contributed by atoms with Gasteiger partial charge < -0.3 is 4.90 Å². The van der Waals surface area contributed by atoms with E-state index >= 15 is 0 Å². The van der Waals surface area contributed by atoms with E-state index in [1.54, 1.807) is 23.4 Å². The molecule has 0 aliphatic heterocycles. The summed E-state index contributed by atoms with van der Waals surface area (Å²) in [5.41, 5.74) is 2.48. The van der Waals surface area contributed by atoms with Gasteiger partial charge in [0.2, 0.25) is 0 Å². The second kappa shape index (κ2) is 8.15. The summed E-state index contributed by atoms with van der Waals surface area (Å²) >= 11 is 12.2. The predicted molar refractivity (Wildman–Crippen MR) is 101 cm³/mol. The summed E-state index contributed by atoms with van der Waals surface area (Å²) in [5, 5.41) is 1.10. The smallest absolute Gasteiger partial charge is 0.254 e. The minimum Gasteiger partial charge on any atom is -0.330 e. The van der Waals surface area contributed by atoms with Gasteiger partial charge in [-0.25, -0.2) is 0 Å². The van der Waals surface area contributed by atoms with Gasteiger partial charge >= 0.3 is 0 Å². The second-order valence-electron chi connectivity index (χ2n) is 5.67. The van der Waals surface area contributed by atoms with Crippen LogP contribution in [-0.2, 0) is 13.1 Å². The number of hydrogen-bond acceptors (Lipinski definition) is 2. The van der Waals surface area contributed by atoms with Crippen LogP contribution in [0, 0.1) is 0 Å². The molecule has 2 aromatic carbocycles. The summed E-state index contributed by atoms with van der Waals surface area (Å²) in [6, 6.07) is 18.3. The highest BCUT2D eigenvalue weighted by Crippen LogP contribution is 2.21. The number of amides is 1. The van der Waals surface area contributed by atoms with Crippen LogP contribution >= 0.6 is 23.2 Å². The zero-order chi connectivity index (χ0) is 17.6. The molecule has 0 fully saturated rings. The molecule has 0 atom stereocenters. The fraction of sp³-hybridized carbons (Fsp3) is 0.100. The van der Waals surface area contributed by atoms with Crippen molar-refractivity contribution in [2.24, 2.45) is 0 Å². The Morgan fingerprint density at radius 2 is 1.56 bits per heavy atom. The summed E-state index contributed by atoms with van der Waals surface area (Å²) in [6.07, 6.45) is 3.47. The Balaban J connectivity index is 1.89. The molecule has 0 aliphatic rings. The third-order valence-corrected chi connectivity index (χ3v) is 4.14. The molecule has 0 bridgehead atoms. The first-order valence-corrected chi connectivity index (χ1v) is 8.55. The van der Waals surface area contributed by atoms with Gasteiger partial charge in [0, 0.05) is 41.1 Å². The highest BCUT2D eigenvalue weighted by atomic mass is 35.5. The van der Waals surface area contributed by atoms with E-state index in [-0.39, 0.29) is 5.91 Å². The molecule has 0 spiro atoms. The van der Waals surface area contributed by atoms with Crippen molar-refractivity contribution in [3.05, 3.63) is 99.8 Å². The number of hydrogen-bond donors (Lipinski definition) is 0. The molecule has 1 aromatic heterocycles. The SMILES string of the molecule is O=C(c1ccccc1)N(Cc1cccnc1)Cc1cc(Cl)cc(Cl)c1. The summed E-state index contributed by atoms with van der Waals surface area (Å²) < 4.78 is 0. The van der Waals surface area contributed by atoms with Gasteiger partial charge in [0.15, 0.2) is 0 Å².